The predicted molar refractivity (Wildman–Crippen MR) is 124 cm³/mol. The summed E-state index contributed by atoms with van der Waals surface area (Å²) in [6.07, 6.45) is 0. The highest BCUT2D eigenvalue weighted by Crippen LogP contribution is 2.30. The molecule has 7 heteroatoms. The van der Waals surface area contributed by atoms with Crippen LogP contribution < -0.4 is 20.1 Å². The molecule has 2 rings (SSSR count). The molecule has 0 saturated heterocycles. The molecule has 2 aromatic rings. The van der Waals surface area contributed by atoms with Crippen LogP contribution in [0, 0.1) is 6.92 Å². The van der Waals surface area contributed by atoms with E-state index < -0.39 is 0 Å². The molecule has 0 aliphatic rings. The molecule has 0 amide bonds. The molecule has 0 heterocycles. The number of benzene rings is 2. The van der Waals surface area contributed by atoms with E-state index in [-0.39, 0.29) is 35.8 Å². The predicted octanol–water partition coefficient (Wildman–Crippen LogP) is 4.15. The molecule has 6 nitrogen and oxygen atoms in total. The number of hydrogen-bond acceptors (Lipinski definition) is 4. The molecule has 0 aliphatic heterocycles. The fourth-order valence-electron chi connectivity index (χ4n) is 2.82. The molecule has 2 aromatic carbocycles. The summed E-state index contributed by atoms with van der Waals surface area (Å²) in [5.41, 5.74) is 2.93. The van der Waals surface area contributed by atoms with E-state index in [2.05, 4.69) is 35.5 Å². The number of methoxy groups -OCH3 is 2. The van der Waals surface area contributed by atoms with E-state index in [4.69, 9.17) is 9.47 Å². The lowest BCUT2D eigenvalue weighted by molar-refractivity contribution is 0.370. The summed E-state index contributed by atoms with van der Waals surface area (Å²) >= 11 is 0. The molecule has 0 bridgehead atoms. The van der Waals surface area contributed by atoms with Crippen LogP contribution in [0.2, 0.25) is 0 Å². The van der Waals surface area contributed by atoms with E-state index >= 15 is 0 Å². The third-order valence-corrected chi connectivity index (χ3v) is 4.26. The molecule has 0 saturated carbocycles. The molecule has 0 aliphatic carbocycles. The first kappa shape index (κ1) is 23.9. The van der Waals surface area contributed by atoms with Crippen LogP contribution in [0.15, 0.2) is 41.4 Å². The Bertz CT molecular complexity index is 796. The summed E-state index contributed by atoms with van der Waals surface area (Å²) in [4.78, 5) is 4.60. The summed E-state index contributed by atoms with van der Waals surface area (Å²) in [6.45, 7) is 7.19. The third-order valence-electron chi connectivity index (χ3n) is 4.26. The first-order valence-corrected chi connectivity index (χ1v) is 9.04. The SMILES string of the molecule is CCNC(=NCc1cccc(OC)c1O)NC(C)c1cc(C)ccc1OC.I. The minimum absolute atomic E-state index is 0. The van der Waals surface area contributed by atoms with Gasteiger partial charge in [-0.1, -0.05) is 29.8 Å². The van der Waals surface area contributed by atoms with Crippen molar-refractivity contribution in [2.45, 2.75) is 33.4 Å². The fourth-order valence-corrected chi connectivity index (χ4v) is 2.82. The van der Waals surface area contributed by atoms with Crippen LogP contribution in [-0.2, 0) is 6.54 Å². The highest BCUT2D eigenvalue weighted by atomic mass is 127. The number of halogens is 1. The average Bonchev–Trinajstić information content (AvgIpc) is 2.67. The van der Waals surface area contributed by atoms with Crippen LogP contribution in [0.4, 0.5) is 0 Å². The number of guanidine groups is 1. The Morgan fingerprint density at radius 3 is 2.50 bits per heavy atom. The first-order valence-electron chi connectivity index (χ1n) is 9.04. The molecule has 28 heavy (non-hydrogen) atoms. The lowest BCUT2D eigenvalue weighted by Gasteiger charge is -2.20. The Kier molecular flexibility index (Phi) is 9.92. The third kappa shape index (κ3) is 6.19. The van der Waals surface area contributed by atoms with Gasteiger partial charge in [0.2, 0.25) is 0 Å². The maximum absolute atomic E-state index is 10.2. The number of phenolic OH excluding ortho intramolecular Hbond substituents is 1. The molecule has 3 N–H and O–H groups in total. The van der Waals surface area contributed by atoms with E-state index in [0.717, 1.165) is 17.9 Å². The van der Waals surface area contributed by atoms with E-state index in [1.807, 2.05) is 31.2 Å². The Balaban J connectivity index is 0.00000392. The Morgan fingerprint density at radius 1 is 1.14 bits per heavy atom. The number of aromatic hydroxyl groups is 1. The van der Waals surface area contributed by atoms with Gasteiger partial charge in [-0.3, -0.25) is 0 Å². The zero-order valence-corrected chi connectivity index (χ0v) is 19.4. The zero-order valence-electron chi connectivity index (χ0n) is 17.1. The van der Waals surface area contributed by atoms with Gasteiger partial charge in [-0.2, -0.15) is 0 Å². The molecular formula is C21H30IN3O3. The van der Waals surface area contributed by atoms with Crippen molar-refractivity contribution in [2.75, 3.05) is 20.8 Å². The molecule has 1 unspecified atom stereocenters. The number of phenols is 1. The number of aliphatic imine (C=N–C) groups is 1. The van der Waals surface area contributed by atoms with Gasteiger partial charge in [0, 0.05) is 17.7 Å². The monoisotopic (exact) mass is 499 g/mol. The smallest absolute Gasteiger partial charge is 0.192 e. The van der Waals surface area contributed by atoms with Crippen LogP contribution in [-0.4, -0.2) is 31.8 Å². The van der Waals surface area contributed by atoms with Crippen molar-refractivity contribution in [3.8, 4) is 17.2 Å². The van der Waals surface area contributed by atoms with Crippen molar-refractivity contribution in [2.24, 2.45) is 4.99 Å². The standard InChI is InChI=1S/C21H29N3O3.HI/c1-6-22-21(23-13-16-8-7-9-19(27-5)20(16)25)24-15(3)17-12-14(2)10-11-18(17)26-4;/h7-12,15,25H,6,13H2,1-5H3,(H2,22,23,24);1H. The zero-order chi connectivity index (χ0) is 19.8. The lowest BCUT2D eigenvalue weighted by atomic mass is 10.0. The number of ether oxygens (including phenoxy) is 2. The van der Waals surface area contributed by atoms with Gasteiger partial charge in [-0.15, -0.1) is 24.0 Å². The molecular weight excluding hydrogens is 469 g/mol. The van der Waals surface area contributed by atoms with Crippen LogP contribution in [0.5, 0.6) is 17.2 Å². The number of rotatable bonds is 7. The van der Waals surface area contributed by atoms with E-state index in [1.54, 1.807) is 13.2 Å². The Hall–Kier alpha value is -2.16. The first-order chi connectivity index (χ1) is 13.0. The van der Waals surface area contributed by atoms with Gasteiger partial charge in [0.1, 0.15) is 5.75 Å². The fraction of sp³-hybridized carbons (Fsp3) is 0.381. The Morgan fingerprint density at radius 2 is 1.86 bits per heavy atom. The second-order valence-electron chi connectivity index (χ2n) is 6.27. The molecule has 0 aromatic heterocycles. The molecule has 0 spiro atoms. The van der Waals surface area contributed by atoms with Gasteiger partial charge in [-0.05, 0) is 32.9 Å². The van der Waals surface area contributed by atoms with Crippen molar-refractivity contribution in [1.82, 2.24) is 10.6 Å². The highest BCUT2D eigenvalue weighted by molar-refractivity contribution is 14.0. The summed E-state index contributed by atoms with van der Waals surface area (Å²) in [5, 5.41) is 16.9. The van der Waals surface area contributed by atoms with Crippen molar-refractivity contribution in [3.05, 3.63) is 53.1 Å². The number of nitrogens with one attached hydrogen (secondary N) is 2. The van der Waals surface area contributed by atoms with Gasteiger partial charge in [0.05, 0.1) is 26.8 Å². The second kappa shape index (κ2) is 11.6. The number of aryl methyl sites for hydroxylation is 1. The van der Waals surface area contributed by atoms with Crippen molar-refractivity contribution in [1.29, 1.82) is 0 Å². The van der Waals surface area contributed by atoms with Gasteiger partial charge < -0.3 is 25.2 Å². The summed E-state index contributed by atoms with van der Waals surface area (Å²) in [6, 6.07) is 11.5. The van der Waals surface area contributed by atoms with Crippen LogP contribution >= 0.6 is 24.0 Å². The van der Waals surface area contributed by atoms with Gasteiger partial charge in [-0.25, -0.2) is 4.99 Å². The Labute approximate surface area is 184 Å². The molecule has 1 atom stereocenters. The minimum Gasteiger partial charge on any atom is -0.504 e. The highest BCUT2D eigenvalue weighted by Gasteiger charge is 2.14. The quantitative estimate of drug-likeness (QED) is 0.303. The van der Waals surface area contributed by atoms with Crippen LogP contribution in [0.25, 0.3) is 0 Å². The molecule has 0 radical (unpaired) electrons. The van der Waals surface area contributed by atoms with Crippen LogP contribution in [0.3, 0.4) is 0 Å². The van der Waals surface area contributed by atoms with Gasteiger partial charge in [0.15, 0.2) is 17.5 Å². The summed E-state index contributed by atoms with van der Waals surface area (Å²) in [7, 11) is 3.20. The van der Waals surface area contributed by atoms with Gasteiger partial charge >= 0.3 is 0 Å². The number of para-hydroxylation sites is 1. The second-order valence-corrected chi connectivity index (χ2v) is 6.27. The van der Waals surface area contributed by atoms with Gasteiger partial charge in [0.25, 0.3) is 0 Å². The maximum atomic E-state index is 10.2. The van der Waals surface area contributed by atoms with Crippen molar-refractivity contribution in [3.63, 3.8) is 0 Å². The molecule has 154 valence electrons. The van der Waals surface area contributed by atoms with Crippen LogP contribution in [0.1, 0.15) is 36.6 Å². The summed E-state index contributed by atoms with van der Waals surface area (Å²) < 4.78 is 10.6. The number of hydrogen-bond donors (Lipinski definition) is 3. The van der Waals surface area contributed by atoms with Crippen molar-refractivity contribution >= 4 is 29.9 Å². The van der Waals surface area contributed by atoms with E-state index in [1.165, 1.54) is 12.7 Å². The molecule has 0 fully saturated rings. The minimum atomic E-state index is -0.00319. The summed E-state index contributed by atoms with van der Waals surface area (Å²) in [5.74, 6) is 2.06. The normalized spacial score (nSPS) is 12.0. The largest absolute Gasteiger partial charge is 0.504 e. The topological polar surface area (TPSA) is 75.1 Å². The van der Waals surface area contributed by atoms with Crippen molar-refractivity contribution < 1.29 is 14.6 Å². The van der Waals surface area contributed by atoms with E-state index in [0.29, 0.717) is 23.8 Å². The average molecular weight is 499 g/mol. The number of nitrogens with zero attached hydrogens (tertiary/aromatic N) is 1. The lowest BCUT2D eigenvalue weighted by Crippen LogP contribution is -2.38. The van der Waals surface area contributed by atoms with E-state index in [9.17, 15) is 5.11 Å². The maximum Gasteiger partial charge on any atom is 0.192 e.